The lowest BCUT2D eigenvalue weighted by molar-refractivity contribution is 0.0206. The van der Waals surface area contributed by atoms with E-state index in [0.29, 0.717) is 16.3 Å². The van der Waals surface area contributed by atoms with Crippen molar-refractivity contribution in [3.8, 4) is 28.6 Å². The van der Waals surface area contributed by atoms with Gasteiger partial charge in [-0.3, -0.25) is 4.57 Å². The molecule has 3 rings (SSSR count). The highest BCUT2D eigenvalue weighted by molar-refractivity contribution is 6.42. The van der Waals surface area contributed by atoms with Crippen molar-refractivity contribution in [1.29, 1.82) is 0 Å². The molecule has 0 bridgehead atoms. The second-order valence-corrected chi connectivity index (χ2v) is 8.35. The van der Waals surface area contributed by atoms with Gasteiger partial charge in [0, 0.05) is 12.6 Å². The summed E-state index contributed by atoms with van der Waals surface area (Å²) >= 11 is 12.0. The van der Waals surface area contributed by atoms with Gasteiger partial charge < -0.3 is 14.6 Å². The van der Waals surface area contributed by atoms with Gasteiger partial charge in [0.15, 0.2) is 0 Å². The predicted octanol–water partition coefficient (Wildman–Crippen LogP) is 5.17. The molecule has 7 nitrogen and oxygen atoms in total. The Hall–Kier alpha value is -2.90. The van der Waals surface area contributed by atoms with Gasteiger partial charge in [0.25, 0.3) is 0 Å². The van der Waals surface area contributed by atoms with E-state index in [0.717, 1.165) is 4.57 Å². The molecule has 0 amide bonds. The number of carbonyl (C=O) groups excluding carboxylic acids is 1. The number of hydrogen-bond acceptors (Lipinski definition) is 5. The molecule has 0 radical (unpaired) electrons. The summed E-state index contributed by atoms with van der Waals surface area (Å²) in [5.41, 5.74) is 0.0696. The summed E-state index contributed by atoms with van der Waals surface area (Å²) in [6.07, 6.45) is -0.823. The Kier molecular flexibility index (Phi) is 5.87. The molecule has 2 aromatic carbocycles. The molecule has 158 valence electrons. The van der Waals surface area contributed by atoms with Crippen LogP contribution in [0, 0.1) is 0 Å². The van der Waals surface area contributed by atoms with Crippen LogP contribution in [0.3, 0.4) is 0 Å². The van der Waals surface area contributed by atoms with Crippen LogP contribution in [0.1, 0.15) is 20.8 Å². The van der Waals surface area contributed by atoms with Crippen LogP contribution < -0.4 is 10.4 Å². The number of hydrogen-bond donors (Lipinski definition) is 1. The fourth-order valence-electron chi connectivity index (χ4n) is 2.82. The van der Waals surface area contributed by atoms with E-state index in [1.807, 2.05) is 0 Å². The van der Waals surface area contributed by atoms with Crippen molar-refractivity contribution in [3.63, 3.8) is 0 Å². The molecule has 0 atom stereocenters. The average molecular weight is 451 g/mol. The highest BCUT2D eigenvalue weighted by atomic mass is 35.5. The van der Waals surface area contributed by atoms with Gasteiger partial charge >= 0.3 is 11.8 Å². The second-order valence-electron chi connectivity index (χ2n) is 7.54. The highest BCUT2D eigenvalue weighted by Crippen LogP contribution is 2.32. The largest absolute Gasteiger partial charge is 0.514 e. The zero-order valence-electron chi connectivity index (χ0n) is 16.8. The lowest BCUT2D eigenvalue weighted by atomic mass is 10.1. The molecule has 1 aromatic heterocycles. The first kappa shape index (κ1) is 21.8. The van der Waals surface area contributed by atoms with E-state index in [-0.39, 0.29) is 22.3 Å². The lowest BCUT2D eigenvalue weighted by Crippen LogP contribution is -2.25. The number of imidazole rings is 1. The SMILES string of the molecule is Cn1c(-c2ccc(OC(=O)OC(C)(C)C)cc2)c(O)n(-c2ccc(Cl)c(Cl)c2)c1=O. The first-order valence-electron chi connectivity index (χ1n) is 8.95. The zero-order valence-corrected chi connectivity index (χ0v) is 18.3. The summed E-state index contributed by atoms with van der Waals surface area (Å²) in [4.78, 5) is 24.5. The Morgan fingerprint density at radius 1 is 1.03 bits per heavy atom. The Balaban J connectivity index is 1.94. The van der Waals surface area contributed by atoms with Crippen LogP contribution in [-0.2, 0) is 11.8 Å². The molecule has 0 aliphatic heterocycles. The van der Waals surface area contributed by atoms with Crippen LogP contribution in [0.25, 0.3) is 16.9 Å². The van der Waals surface area contributed by atoms with Gasteiger partial charge in [0.1, 0.15) is 17.0 Å². The van der Waals surface area contributed by atoms with Crippen LogP contribution in [0.5, 0.6) is 11.6 Å². The number of aromatic nitrogens is 2. The van der Waals surface area contributed by atoms with Crippen LogP contribution in [0.2, 0.25) is 10.0 Å². The Labute approximate surface area is 183 Å². The van der Waals surface area contributed by atoms with Crippen molar-refractivity contribution in [3.05, 3.63) is 63.0 Å². The van der Waals surface area contributed by atoms with Crippen LogP contribution in [0.15, 0.2) is 47.3 Å². The number of aromatic hydroxyl groups is 1. The van der Waals surface area contributed by atoms with Gasteiger partial charge in [-0.25, -0.2) is 14.2 Å². The van der Waals surface area contributed by atoms with Gasteiger partial charge in [-0.05, 0) is 63.2 Å². The van der Waals surface area contributed by atoms with Crippen LogP contribution in [0.4, 0.5) is 4.79 Å². The smallest absolute Gasteiger partial charge is 0.493 e. The number of benzene rings is 2. The minimum Gasteiger partial charge on any atom is -0.493 e. The van der Waals surface area contributed by atoms with Crippen molar-refractivity contribution < 1.29 is 19.4 Å². The van der Waals surface area contributed by atoms with Crippen molar-refractivity contribution in [1.82, 2.24) is 9.13 Å². The van der Waals surface area contributed by atoms with Gasteiger partial charge in [-0.15, -0.1) is 0 Å². The molecular formula is C21H20Cl2N2O5. The molecule has 0 aliphatic rings. The van der Waals surface area contributed by atoms with Gasteiger partial charge in [0.2, 0.25) is 5.88 Å². The molecule has 0 saturated carbocycles. The molecule has 0 unspecified atom stereocenters. The second kappa shape index (κ2) is 8.08. The molecular weight excluding hydrogens is 431 g/mol. The first-order valence-corrected chi connectivity index (χ1v) is 9.71. The molecule has 9 heteroatoms. The van der Waals surface area contributed by atoms with Crippen LogP contribution in [-0.4, -0.2) is 26.0 Å². The van der Waals surface area contributed by atoms with E-state index in [9.17, 15) is 14.7 Å². The highest BCUT2D eigenvalue weighted by Gasteiger charge is 2.21. The zero-order chi connectivity index (χ0) is 22.2. The third-order valence-corrected chi connectivity index (χ3v) is 4.86. The van der Waals surface area contributed by atoms with Crippen molar-refractivity contribution in [2.75, 3.05) is 0 Å². The monoisotopic (exact) mass is 450 g/mol. The van der Waals surface area contributed by atoms with E-state index in [1.165, 1.54) is 17.7 Å². The number of carbonyl (C=O) groups is 1. The fraction of sp³-hybridized carbons (Fsp3) is 0.238. The van der Waals surface area contributed by atoms with Gasteiger partial charge in [-0.1, -0.05) is 23.2 Å². The number of halogens is 2. The van der Waals surface area contributed by atoms with E-state index >= 15 is 0 Å². The minimum atomic E-state index is -0.823. The third-order valence-electron chi connectivity index (χ3n) is 4.12. The van der Waals surface area contributed by atoms with E-state index < -0.39 is 17.4 Å². The Morgan fingerprint density at radius 3 is 2.23 bits per heavy atom. The standard InChI is InChI=1S/C21H20Cl2N2O5/c1-21(2,3)30-20(28)29-14-8-5-12(6-9-14)17-18(26)25(19(27)24(17)4)13-7-10-15(22)16(23)11-13/h5-11,26H,1-4H3. The van der Waals surface area contributed by atoms with Gasteiger partial charge in [0.05, 0.1) is 15.7 Å². The van der Waals surface area contributed by atoms with Gasteiger partial charge in [-0.2, -0.15) is 0 Å². The summed E-state index contributed by atoms with van der Waals surface area (Å²) in [6, 6.07) is 10.9. The van der Waals surface area contributed by atoms with Crippen molar-refractivity contribution >= 4 is 29.4 Å². The molecule has 3 aromatic rings. The van der Waals surface area contributed by atoms with Crippen molar-refractivity contribution in [2.45, 2.75) is 26.4 Å². The first-order chi connectivity index (χ1) is 14.0. The van der Waals surface area contributed by atoms with E-state index in [2.05, 4.69) is 0 Å². The normalized spacial score (nSPS) is 11.4. The van der Waals surface area contributed by atoms with Crippen LogP contribution >= 0.6 is 23.2 Å². The molecule has 30 heavy (non-hydrogen) atoms. The lowest BCUT2D eigenvalue weighted by Gasteiger charge is -2.18. The third kappa shape index (κ3) is 4.47. The molecule has 1 heterocycles. The summed E-state index contributed by atoms with van der Waals surface area (Å²) < 4.78 is 12.7. The summed E-state index contributed by atoms with van der Waals surface area (Å²) in [5, 5.41) is 11.4. The molecule has 0 fully saturated rings. The Morgan fingerprint density at radius 2 is 1.67 bits per heavy atom. The maximum absolute atomic E-state index is 12.7. The quantitative estimate of drug-likeness (QED) is 0.439. The number of nitrogens with zero attached hydrogens (tertiary/aromatic N) is 2. The van der Waals surface area contributed by atoms with Crippen molar-refractivity contribution in [2.24, 2.45) is 7.05 Å². The maximum atomic E-state index is 12.7. The topological polar surface area (TPSA) is 82.7 Å². The summed E-state index contributed by atoms with van der Waals surface area (Å²) in [5.74, 6) is 0.00288. The Bertz CT molecular complexity index is 1160. The fourth-order valence-corrected chi connectivity index (χ4v) is 3.11. The number of ether oxygens (including phenoxy) is 2. The maximum Gasteiger partial charge on any atom is 0.514 e. The van der Waals surface area contributed by atoms with E-state index in [1.54, 1.807) is 57.2 Å². The molecule has 0 aliphatic carbocycles. The number of rotatable bonds is 3. The minimum absolute atomic E-state index is 0.259. The predicted molar refractivity (Wildman–Crippen MR) is 115 cm³/mol. The molecule has 0 saturated heterocycles. The summed E-state index contributed by atoms with van der Waals surface area (Å²) in [7, 11) is 1.54. The molecule has 0 spiro atoms. The molecule has 1 N–H and O–H groups in total. The van der Waals surface area contributed by atoms with E-state index in [4.69, 9.17) is 32.7 Å². The average Bonchev–Trinajstić information content (AvgIpc) is 2.86. The summed E-state index contributed by atoms with van der Waals surface area (Å²) in [6.45, 7) is 5.21.